The van der Waals surface area contributed by atoms with Crippen LogP contribution >= 0.6 is 11.6 Å². The third-order valence-corrected chi connectivity index (χ3v) is 4.77. The van der Waals surface area contributed by atoms with Crippen molar-refractivity contribution >= 4 is 29.6 Å². The summed E-state index contributed by atoms with van der Waals surface area (Å²) in [5, 5.41) is 0.373. The van der Waals surface area contributed by atoms with Crippen molar-refractivity contribution < 1.29 is 32.9 Å². The van der Waals surface area contributed by atoms with Gasteiger partial charge < -0.3 is 18.9 Å². The quantitative estimate of drug-likeness (QED) is 0.538. The average molecular weight is 460 g/mol. The maximum Gasteiger partial charge on any atom is 0.515 e. The highest BCUT2D eigenvalue weighted by Gasteiger charge is 2.30. The molecule has 0 N–H and O–H groups in total. The Kier molecular flexibility index (Phi) is 5.78. The van der Waals surface area contributed by atoms with E-state index in [-0.39, 0.29) is 29.7 Å². The van der Waals surface area contributed by atoms with Crippen LogP contribution in [0.1, 0.15) is 17.0 Å². The predicted molar refractivity (Wildman–Crippen MR) is 110 cm³/mol. The van der Waals surface area contributed by atoms with Crippen molar-refractivity contribution in [2.45, 2.75) is 6.54 Å². The third-order valence-electron chi connectivity index (χ3n) is 4.53. The number of fused-ring (bicyclic) bond motifs is 3. The number of imidazole rings is 1. The monoisotopic (exact) mass is 459 g/mol. The van der Waals surface area contributed by atoms with Crippen LogP contribution in [0.25, 0.3) is 5.69 Å². The van der Waals surface area contributed by atoms with Gasteiger partial charge in [-0.05, 0) is 30.3 Å². The van der Waals surface area contributed by atoms with E-state index in [2.05, 4.69) is 19.5 Å². The number of rotatable bonds is 3. The molecule has 11 heteroatoms. The van der Waals surface area contributed by atoms with E-state index in [1.54, 1.807) is 36.4 Å². The molecule has 2 heterocycles. The number of methoxy groups -OCH3 is 2. The first-order chi connectivity index (χ1) is 15.4. The smallest absolute Gasteiger partial charge is 0.437 e. The normalized spacial score (nSPS) is 12.1. The van der Waals surface area contributed by atoms with Gasteiger partial charge in [0, 0.05) is 16.1 Å². The van der Waals surface area contributed by atoms with E-state index in [0.717, 1.165) is 14.2 Å². The molecule has 164 valence electrons. The zero-order valence-electron chi connectivity index (χ0n) is 16.8. The first-order valence-corrected chi connectivity index (χ1v) is 9.53. The Hall–Kier alpha value is -3.92. The summed E-state index contributed by atoms with van der Waals surface area (Å²) in [4.78, 5) is 32.3. The minimum atomic E-state index is -1.07. The molecule has 1 aromatic heterocycles. The maximum absolute atomic E-state index is 14.6. The molecule has 1 aliphatic heterocycles. The van der Waals surface area contributed by atoms with Gasteiger partial charge in [-0.15, -0.1) is 0 Å². The van der Waals surface area contributed by atoms with E-state index in [1.165, 1.54) is 10.6 Å². The standard InChI is InChI=1S/C21H15ClFN3O6/c1-29-20(27)31-18-19(32-21(28)30-2)26-15-8-7-11(22)9-13(15)17(24-10-16(26)25-18)12-5-3-4-6-14(12)23/h3-9H,10H2,1-2H3. The highest BCUT2D eigenvalue weighted by atomic mass is 35.5. The minimum absolute atomic E-state index is 0.0575. The van der Waals surface area contributed by atoms with Crippen LogP contribution in [0, 0.1) is 5.82 Å². The van der Waals surface area contributed by atoms with Gasteiger partial charge in [0.2, 0.25) is 0 Å². The summed E-state index contributed by atoms with van der Waals surface area (Å²) >= 11 is 6.22. The molecule has 0 aliphatic carbocycles. The van der Waals surface area contributed by atoms with Gasteiger partial charge in [0.25, 0.3) is 11.8 Å². The summed E-state index contributed by atoms with van der Waals surface area (Å²) in [5.74, 6) is -0.802. The number of carbonyl (C=O) groups excluding carboxylic acids is 2. The van der Waals surface area contributed by atoms with Gasteiger partial charge in [-0.25, -0.2) is 14.0 Å². The number of hydrogen-bond donors (Lipinski definition) is 0. The highest BCUT2D eigenvalue weighted by molar-refractivity contribution is 6.31. The van der Waals surface area contributed by atoms with Crippen LogP contribution in [0.3, 0.4) is 0 Å². The van der Waals surface area contributed by atoms with E-state index in [4.69, 9.17) is 21.1 Å². The molecule has 0 unspecified atom stereocenters. The summed E-state index contributed by atoms with van der Waals surface area (Å²) < 4.78 is 35.4. The molecule has 0 amide bonds. The van der Waals surface area contributed by atoms with Crippen molar-refractivity contribution in [2.24, 2.45) is 4.99 Å². The summed E-state index contributed by atoms with van der Waals surface area (Å²) in [6, 6.07) is 11.0. The Morgan fingerprint density at radius 3 is 2.47 bits per heavy atom. The first kappa shape index (κ1) is 21.3. The van der Waals surface area contributed by atoms with E-state index in [0.29, 0.717) is 22.0 Å². The van der Waals surface area contributed by atoms with Gasteiger partial charge in [-0.2, -0.15) is 4.98 Å². The molecule has 2 aromatic carbocycles. The minimum Gasteiger partial charge on any atom is -0.437 e. The van der Waals surface area contributed by atoms with Crippen LogP contribution in [0.2, 0.25) is 5.02 Å². The fraction of sp³-hybridized carbons (Fsp3) is 0.143. The van der Waals surface area contributed by atoms with Crippen LogP contribution in [-0.2, 0) is 16.0 Å². The number of ether oxygens (including phenoxy) is 4. The molecule has 0 bridgehead atoms. The Balaban J connectivity index is 1.95. The van der Waals surface area contributed by atoms with Crippen molar-refractivity contribution in [1.82, 2.24) is 9.55 Å². The van der Waals surface area contributed by atoms with E-state index < -0.39 is 18.1 Å². The molecule has 0 atom stereocenters. The summed E-state index contributed by atoms with van der Waals surface area (Å²) in [6.07, 6.45) is -2.14. The van der Waals surface area contributed by atoms with Crippen molar-refractivity contribution in [1.29, 1.82) is 0 Å². The molecule has 0 saturated carbocycles. The van der Waals surface area contributed by atoms with E-state index in [9.17, 15) is 14.0 Å². The van der Waals surface area contributed by atoms with Crippen molar-refractivity contribution in [3.8, 4) is 17.4 Å². The summed E-state index contributed by atoms with van der Waals surface area (Å²) in [7, 11) is 2.24. The van der Waals surface area contributed by atoms with E-state index >= 15 is 0 Å². The number of aliphatic imine (C=N–C) groups is 1. The second kappa shape index (κ2) is 8.67. The molecule has 0 spiro atoms. The van der Waals surface area contributed by atoms with Crippen LogP contribution < -0.4 is 9.47 Å². The van der Waals surface area contributed by atoms with Crippen LogP contribution in [0.5, 0.6) is 11.8 Å². The predicted octanol–water partition coefficient (Wildman–Crippen LogP) is 4.31. The van der Waals surface area contributed by atoms with Crippen molar-refractivity contribution in [3.63, 3.8) is 0 Å². The molecule has 1 aliphatic rings. The Morgan fingerprint density at radius 1 is 1.03 bits per heavy atom. The molecular weight excluding hydrogens is 445 g/mol. The molecule has 0 radical (unpaired) electrons. The van der Waals surface area contributed by atoms with Crippen LogP contribution in [0.4, 0.5) is 14.0 Å². The lowest BCUT2D eigenvalue weighted by Gasteiger charge is -2.15. The summed E-state index contributed by atoms with van der Waals surface area (Å²) in [6.45, 7) is -0.0575. The van der Waals surface area contributed by atoms with Gasteiger partial charge in [0.1, 0.15) is 11.6 Å². The Bertz CT molecular complexity index is 1260. The number of aromatic nitrogens is 2. The van der Waals surface area contributed by atoms with Crippen LogP contribution in [-0.4, -0.2) is 41.8 Å². The number of halogens is 2. The molecule has 9 nitrogen and oxygen atoms in total. The Morgan fingerprint density at radius 2 is 1.75 bits per heavy atom. The largest absolute Gasteiger partial charge is 0.515 e. The lowest BCUT2D eigenvalue weighted by atomic mass is 10.00. The fourth-order valence-electron chi connectivity index (χ4n) is 3.19. The molecule has 0 saturated heterocycles. The van der Waals surface area contributed by atoms with Crippen molar-refractivity contribution in [2.75, 3.05) is 14.2 Å². The number of benzene rings is 2. The maximum atomic E-state index is 14.6. The number of nitrogens with zero attached hydrogens (tertiary/aromatic N) is 3. The summed E-state index contributed by atoms with van der Waals surface area (Å²) in [5.41, 5.74) is 1.43. The van der Waals surface area contributed by atoms with Gasteiger partial charge in [0.15, 0.2) is 0 Å². The molecule has 4 rings (SSSR count). The molecule has 32 heavy (non-hydrogen) atoms. The zero-order chi connectivity index (χ0) is 22.8. The molecule has 0 fully saturated rings. The lowest BCUT2D eigenvalue weighted by molar-refractivity contribution is 0.108. The highest BCUT2D eigenvalue weighted by Crippen LogP contribution is 2.37. The number of hydrogen-bond acceptors (Lipinski definition) is 8. The van der Waals surface area contributed by atoms with E-state index in [1.807, 2.05) is 0 Å². The third kappa shape index (κ3) is 3.87. The fourth-order valence-corrected chi connectivity index (χ4v) is 3.36. The van der Waals surface area contributed by atoms with Gasteiger partial charge >= 0.3 is 12.3 Å². The molecular formula is C21H15ClFN3O6. The van der Waals surface area contributed by atoms with Gasteiger partial charge in [-0.1, -0.05) is 23.7 Å². The Labute approximate surface area is 186 Å². The average Bonchev–Trinajstić information content (AvgIpc) is 3.02. The first-order valence-electron chi connectivity index (χ1n) is 9.15. The zero-order valence-corrected chi connectivity index (χ0v) is 17.6. The van der Waals surface area contributed by atoms with Crippen molar-refractivity contribution in [3.05, 3.63) is 70.3 Å². The SMILES string of the molecule is COC(=O)Oc1nc2n(c1OC(=O)OC)-c1ccc(Cl)cc1C(c1ccccc1F)=NC2. The second-order valence-electron chi connectivity index (χ2n) is 6.39. The number of carbonyl (C=O) groups is 2. The molecule has 3 aromatic rings. The topological polar surface area (TPSA) is 101 Å². The van der Waals surface area contributed by atoms with Crippen LogP contribution in [0.15, 0.2) is 47.5 Å². The second-order valence-corrected chi connectivity index (χ2v) is 6.83. The van der Waals surface area contributed by atoms with Gasteiger partial charge in [-0.3, -0.25) is 9.56 Å². The lowest BCUT2D eigenvalue weighted by Crippen LogP contribution is -2.15. The van der Waals surface area contributed by atoms with Gasteiger partial charge in [0.05, 0.1) is 32.2 Å².